The van der Waals surface area contributed by atoms with Gasteiger partial charge in [0.05, 0.1) is 0 Å². The van der Waals surface area contributed by atoms with Crippen molar-refractivity contribution in [1.82, 2.24) is 0 Å². The van der Waals surface area contributed by atoms with Gasteiger partial charge in [-0.2, -0.15) is 0 Å². The molecule has 0 spiro atoms. The van der Waals surface area contributed by atoms with E-state index in [0.29, 0.717) is 6.42 Å². The van der Waals surface area contributed by atoms with Crippen LogP contribution < -0.4 is 0 Å². The van der Waals surface area contributed by atoms with Crippen LogP contribution in [-0.4, -0.2) is 5.78 Å². The second-order valence-electron chi connectivity index (χ2n) is 6.11. The molecule has 124 valence electrons. The number of carbonyl (C=O) groups excluding carboxylic acids is 1. The van der Waals surface area contributed by atoms with Crippen LogP contribution in [0.5, 0.6) is 0 Å². The summed E-state index contributed by atoms with van der Waals surface area (Å²) in [5.74, 6) is 0.241. The Morgan fingerprint density at radius 3 is 1.48 bits per heavy atom. The van der Waals surface area contributed by atoms with Gasteiger partial charge in [0.1, 0.15) is 0 Å². The van der Waals surface area contributed by atoms with Crippen LogP contribution >= 0.6 is 15.9 Å². The largest absolute Gasteiger partial charge is 0.295 e. The van der Waals surface area contributed by atoms with Crippen molar-refractivity contribution < 1.29 is 4.79 Å². The van der Waals surface area contributed by atoms with E-state index in [0.717, 1.165) is 6.42 Å². The van der Waals surface area contributed by atoms with Crippen LogP contribution in [0.25, 0.3) is 0 Å². The smallest absolute Gasteiger partial charge is 0.156 e. The van der Waals surface area contributed by atoms with E-state index < -0.39 is 0 Å². The number of unbranched alkanes of at least 4 members (excludes halogenated alkanes) is 13. The van der Waals surface area contributed by atoms with Crippen LogP contribution in [-0.2, 0) is 4.79 Å². The molecule has 0 aromatic heterocycles. The van der Waals surface area contributed by atoms with E-state index in [1.807, 2.05) is 0 Å². The first-order valence-electron chi connectivity index (χ1n) is 9.11. The van der Waals surface area contributed by atoms with Crippen molar-refractivity contribution >= 4 is 21.7 Å². The van der Waals surface area contributed by atoms with Gasteiger partial charge in [0, 0.05) is 6.42 Å². The Morgan fingerprint density at radius 1 is 0.714 bits per heavy atom. The second-order valence-corrected chi connectivity index (χ2v) is 6.63. The van der Waals surface area contributed by atoms with Crippen LogP contribution in [0, 0.1) is 0 Å². The zero-order valence-corrected chi connectivity index (χ0v) is 15.6. The highest BCUT2D eigenvalue weighted by molar-refractivity contribution is 9.11. The molecule has 0 saturated heterocycles. The first-order valence-corrected chi connectivity index (χ1v) is 10.0. The Kier molecular flexibility index (Phi) is 17.8. The van der Waals surface area contributed by atoms with Crippen LogP contribution in [0.2, 0.25) is 0 Å². The Balaban J connectivity index is 3.04. The number of carbonyl (C=O) groups is 1. The molecule has 0 saturated carbocycles. The summed E-state index contributed by atoms with van der Waals surface area (Å²) in [6.07, 6.45) is 21.4. The quantitative estimate of drug-likeness (QED) is 0.208. The van der Waals surface area contributed by atoms with Crippen molar-refractivity contribution in [2.24, 2.45) is 0 Å². The maximum absolute atomic E-state index is 11.2. The van der Waals surface area contributed by atoms with Crippen molar-refractivity contribution in [1.29, 1.82) is 0 Å². The summed E-state index contributed by atoms with van der Waals surface area (Å²) < 4.78 is 0. The molecule has 0 aromatic rings. The summed E-state index contributed by atoms with van der Waals surface area (Å²) in [6.45, 7) is 2.28. The van der Waals surface area contributed by atoms with Crippen LogP contribution in [0.3, 0.4) is 0 Å². The third kappa shape index (κ3) is 17.8. The Morgan fingerprint density at radius 2 is 1.10 bits per heavy atom. The van der Waals surface area contributed by atoms with E-state index in [4.69, 9.17) is 0 Å². The highest BCUT2D eigenvalue weighted by atomic mass is 79.9. The standard InChI is InChI=1S/C19H35BrO/c1-2-3-4-5-6-7-8-9-10-11-12-13-14-15-16-19(21)17-18-20/h17-18H,2-16H2,1H3/b18-17+. The summed E-state index contributed by atoms with van der Waals surface area (Å²) in [5.41, 5.74) is 0. The van der Waals surface area contributed by atoms with Crippen molar-refractivity contribution in [3.05, 3.63) is 11.1 Å². The molecule has 0 fully saturated rings. The number of ketones is 1. The van der Waals surface area contributed by atoms with E-state index in [1.54, 1.807) is 11.1 Å². The van der Waals surface area contributed by atoms with E-state index in [9.17, 15) is 4.79 Å². The van der Waals surface area contributed by atoms with Crippen LogP contribution in [0.1, 0.15) is 103 Å². The number of hydrogen-bond donors (Lipinski definition) is 0. The van der Waals surface area contributed by atoms with Gasteiger partial charge in [0.25, 0.3) is 0 Å². The Bertz CT molecular complexity index is 248. The summed E-state index contributed by atoms with van der Waals surface area (Å²) in [6, 6.07) is 0. The normalized spacial score (nSPS) is 11.3. The van der Waals surface area contributed by atoms with Gasteiger partial charge in [0.15, 0.2) is 5.78 Å². The fraction of sp³-hybridized carbons (Fsp3) is 0.842. The molecule has 0 N–H and O–H groups in total. The molecule has 0 rings (SSSR count). The summed E-state index contributed by atoms with van der Waals surface area (Å²) in [4.78, 5) is 12.9. The third-order valence-electron chi connectivity index (χ3n) is 4.03. The van der Waals surface area contributed by atoms with Gasteiger partial charge in [-0.05, 0) is 17.5 Å². The van der Waals surface area contributed by atoms with Gasteiger partial charge in [-0.3, -0.25) is 4.79 Å². The van der Waals surface area contributed by atoms with Gasteiger partial charge in [-0.1, -0.05) is 106 Å². The predicted octanol–water partition coefficient (Wildman–Crippen LogP) is 7.34. The Hall–Kier alpha value is -0.110. The molecule has 0 amide bonds. The molecular weight excluding hydrogens is 324 g/mol. The lowest BCUT2D eigenvalue weighted by atomic mass is 10.0. The topological polar surface area (TPSA) is 17.1 Å². The lowest BCUT2D eigenvalue weighted by Gasteiger charge is -2.03. The molecule has 0 aliphatic heterocycles. The second kappa shape index (κ2) is 17.9. The monoisotopic (exact) mass is 358 g/mol. The zero-order chi connectivity index (χ0) is 15.6. The van der Waals surface area contributed by atoms with Gasteiger partial charge in [-0.25, -0.2) is 0 Å². The number of rotatable bonds is 16. The first-order chi connectivity index (χ1) is 10.3. The molecular formula is C19H35BrO. The number of hydrogen-bond acceptors (Lipinski definition) is 1. The van der Waals surface area contributed by atoms with Gasteiger partial charge in [0.2, 0.25) is 0 Å². The SMILES string of the molecule is CCCCCCCCCCCCCCCCC(=O)/C=C/Br. The summed E-state index contributed by atoms with van der Waals surface area (Å²) >= 11 is 3.13. The summed E-state index contributed by atoms with van der Waals surface area (Å²) in [7, 11) is 0. The third-order valence-corrected chi connectivity index (χ3v) is 4.29. The molecule has 2 heteroatoms. The van der Waals surface area contributed by atoms with Gasteiger partial charge >= 0.3 is 0 Å². The molecule has 1 nitrogen and oxygen atoms in total. The minimum atomic E-state index is 0.241. The molecule has 0 atom stereocenters. The van der Waals surface area contributed by atoms with E-state index in [-0.39, 0.29) is 5.78 Å². The van der Waals surface area contributed by atoms with E-state index in [2.05, 4.69) is 22.9 Å². The zero-order valence-electron chi connectivity index (χ0n) is 14.0. The highest BCUT2D eigenvalue weighted by Crippen LogP contribution is 2.13. The molecule has 0 heterocycles. The van der Waals surface area contributed by atoms with Gasteiger partial charge < -0.3 is 0 Å². The molecule has 0 aromatic carbocycles. The average Bonchev–Trinajstić information content (AvgIpc) is 2.48. The van der Waals surface area contributed by atoms with E-state index in [1.165, 1.54) is 83.5 Å². The highest BCUT2D eigenvalue weighted by Gasteiger charge is 1.97. The fourth-order valence-electron chi connectivity index (χ4n) is 2.65. The lowest BCUT2D eigenvalue weighted by Crippen LogP contribution is -1.91. The van der Waals surface area contributed by atoms with Crippen molar-refractivity contribution in [2.75, 3.05) is 0 Å². The maximum atomic E-state index is 11.2. The van der Waals surface area contributed by atoms with Crippen molar-refractivity contribution in [2.45, 2.75) is 103 Å². The average molecular weight is 359 g/mol. The minimum Gasteiger partial charge on any atom is -0.295 e. The maximum Gasteiger partial charge on any atom is 0.156 e. The summed E-state index contributed by atoms with van der Waals surface area (Å²) in [5, 5.41) is 0. The molecule has 0 radical (unpaired) electrons. The van der Waals surface area contributed by atoms with Crippen LogP contribution in [0.4, 0.5) is 0 Å². The van der Waals surface area contributed by atoms with Crippen LogP contribution in [0.15, 0.2) is 11.1 Å². The Labute approximate surface area is 141 Å². The van der Waals surface area contributed by atoms with E-state index >= 15 is 0 Å². The van der Waals surface area contributed by atoms with Gasteiger partial charge in [-0.15, -0.1) is 0 Å². The lowest BCUT2D eigenvalue weighted by molar-refractivity contribution is -0.114. The molecule has 0 bridgehead atoms. The fourth-order valence-corrected chi connectivity index (χ4v) is 2.94. The molecule has 0 aliphatic rings. The number of allylic oxidation sites excluding steroid dienone is 1. The van der Waals surface area contributed by atoms with Crippen molar-refractivity contribution in [3.63, 3.8) is 0 Å². The minimum absolute atomic E-state index is 0.241. The first kappa shape index (κ1) is 20.9. The molecule has 21 heavy (non-hydrogen) atoms. The molecule has 0 unspecified atom stereocenters. The van der Waals surface area contributed by atoms with Crippen molar-refractivity contribution in [3.8, 4) is 0 Å². The molecule has 0 aliphatic carbocycles. The predicted molar refractivity (Wildman–Crippen MR) is 98.0 cm³/mol. The number of halogens is 1.